The second-order valence-electron chi connectivity index (χ2n) is 26.6. The van der Waals surface area contributed by atoms with Crippen molar-refractivity contribution < 1.29 is 117 Å². The SMILES string of the molecule is CC1CC(C(=O)NCCNC(=O)C2CC(n3cc(-c4cccc(F)c4)nn3)C(O)[C@H](O[C@@H]3OC(CO)[C@H](O)C(n4cc(-c5cccc(F)c5)nn4)C3O)C2)C[C@@H](O[C@@H]2OC(CO)[C@H](O)C(O[C@@H](CC3CCCCC3)C(=O)O)C2OC(=O)c2ccccc2)C1O[C@@H]1OC(C)[C@@H](O)C(O)C1O. The van der Waals surface area contributed by atoms with Crippen LogP contribution in [-0.4, -0.2) is 248 Å². The average Bonchev–Trinajstić information content (AvgIpc) is 1.72. The maximum atomic E-state index is 14.5. The Morgan fingerprint density at radius 2 is 1.17 bits per heavy atom. The highest BCUT2D eigenvalue weighted by Gasteiger charge is 2.55. The van der Waals surface area contributed by atoms with Gasteiger partial charge in [0.15, 0.2) is 31.1 Å². The highest BCUT2D eigenvalue weighted by atomic mass is 19.1. The first-order chi connectivity index (χ1) is 47.6. The molecule has 2 aromatic heterocycles. The third kappa shape index (κ3) is 17.0. The molecule has 2 amide bonds. The van der Waals surface area contributed by atoms with Crippen LogP contribution in [0.5, 0.6) is 0 Å². The van der Waals surface area contributed by atoms with E-state index in [1.807, 2.05) is 0 Å². The molecule has 30 nitrogen and oxygen atoms in total. The summed E-state index contributed by atoms with van der Waals surface area (Å²) in [4.78, 5) is 56.0. The van der Waals surface area contributed by atoms with Crippen LogP contribution in [0.3, 0.4) is 0 Å². The lowest BCUT2D eigenvalue weighted by Gasteiger charge is -2.48. The van der Waals surface area contributed by atoms with Crippen molar-refractivity contribution in [2.75, 3.05) is 26.3 Å². The molecule has 6 fully saturated rings. The summed E-state index contributed by atoms with van der Waals surface area (Å²) in [6.45, 7) is 1.20. The molecule has 15 unspecified atom stereocenters. The van der Waals surface area contributed by atoms with E-state index in [1.165, 1.54) is 72.5 Å². The molecule has 3 aliphatic heterocycles. The Morgan fingerprint density at radius 3 is 1.80 bits per heavy atom. The van der Waals surface area contributed by atoms with Crippen LogP contribution in [0.2, 0.25) is 0 Å². The Balaban J connectivity index is 0.809. The quantitative estimate of drug-likeness (QED) is 0.0301. The molecule has 6 aliphatic rings. The van der Waals surface area contributed by atoms with Crippen LogP contribution in [0.1, 0.15) is 100 Å². The van der Waals surface area contributed by atoms with Crippen molar-refractivity contribution in [3.63, 3.8) is 0 Å². The summed E-state index contributed by atoms with van der Waals surface area (Å²) in [7, 11) is 0. The van der Waals surface area contributed by atoms with Crippen LogP contribution < -0.4 is 10.6 Å². The van der Waals surface area contributed by atoms with Gasteiger partial charge in [0, 0.05) is 36.1 Å². The summed E-state index contributed by atoms with van der Waals surface area (Å²) in [6, 6.07) is 16.3. The first-order valence-electron chi connectivity index (χ1n) is 33.5. The molecule has 3 aliphatic carbocycles. The van der Waals surface area contributed by atoms with Crippen LogP contribution >= 0.6 is 0 Å². The number of carboxylic acids is 1. The topological polar surface area (TPSA) is 430 Å². The van der Waals surface area contributed by atoms with Gasteiger partial charge < -0.3 is 99.6 Å². The second-order valence-corrected chi connectivity index (χ2v) is 26.6. The fourth-order valence-electron chi connectivity index (χ4n) is 14.4. The van der Waals surface area contributed by atoms with E-state index < -0.39 is 195 Å². The first kappa shape index (κ1) is 73.3. The monoisotopic (exact) mass is 1390 g/mol. The van der Waals surface area contributed by atoms with E-state index in [0.717, 1.165) is 36.8 Å². The van der Waals surface area contributed by atoms with Crippen molar-refractivity contribution in [2.24, 2.45) is 23.7 Å². The summed E-state index contributed by atoms with van der Waals surface area (Å²) < 4.78 is 80.9. The summed E-state index contributed by atoms with van der Waals surface area (Å²) in [6.07, 6.45) is -22.8. The summed E-state index contributed by atoms with van der Waals surface area (Å²) in [5.74, 6) is -7.18. The van der Waals surface area contributed by atoms with Gasteiger partial charge in [-0.05, 0) is 87.3 Å². The Bertz CT molecular complexity index is 3500. The van der Waals surface area contributed by atoms with Crippen LogP contribution in [0, 0.1) is 35.3 Å². The van der Waals surface area contributed by atoms with Crippen LogP contribution in [0.4, 0.5) is 8.78 Å². The van der Waals surface area contributed by atoms with E-state index >= 15 is 0 Å². The summed E-state index contributed by atoms with van der Waals surface area (Å²) in [5.41, 5.74) is 1.15. The van der Waals surface area contributed by atoms with Crippen molar-refractivity contribution >= 4 is 23.8 Å². The highest BCUT2D eigenvalue weighted by molar-refractivity contribution is 5.89. The average molecular weight is 1390 g/mol. The van der Waals surface area contributed by atoms with Crippen LogP contribution in [-0.2, 0) is 52.3 Å². The van der Waals surface area contributed by atoms with E-state index in [4.69, 9.17) is 37.9 Å². The van der Waals surface area contributed by atoms with Crippen molar-refractivity contribution in [3.05, 3.63) is 108 Å². The van der Waals surface area contributed by atoms with Gasteiger partial charge >= 0.3 is 11.9 Å². The number of benzene rings is 3. The Hall–Kier alpha value is -6.96. The lowest BCUT2D eigenvalue weighted by Crippen LogP contribution is -2.64. The number of nitrogens with one attached hydrogen (secondary N) is 2. The molecule has 0 bridgehead atoms. The molecule has 5 heterocycles. The number of esters is 1. The highest BCUT2D eigenvalue weighted by Crippen LogP contribution is 2.42. The number of aliphatic carboxylic acids is 1. The fraction of sp³-hybridized carbons (Fsp3) is 0.612. The first-order valence-corrected chi connectivity index (χ1v) is 33.5. The molecule has 540 valence electrons. The maximum absolute atomic E-state index is 14.5. The molecule has 32 heteroatoms. The minimum atomic E-state index is -1.79. The number of ether oxygens (including phenoxy) is 8. The number of aliphatic hydroxyl groups excluding tert-OH is 9. The number of rotatable bonds is 24. The van der Waals surface area contributed by atoms with Gasteiger partial charge in [0.2, 0.25) is 11.8 Å². The van der Waals surface area contributed by atoms with Crippen molar-refractivity contribution in [1.29, 1.82) is 0 Å². The largest absolute Gasteiger partial charge is 0.479 e. The van der Waals surface area contributed by atoms with E-state index in [2.05, 4.69) is 31.3 Å². The van der Waals surface area contributed by atoms with Crippen molar-refractivity contribution in [2.45, 2.75) is 207 Å². The Labute approximate surface area is 567 Å². The maximum Gasteiger partial charge on any atom is 0.338 e. The number of aliphatic hydroxyl groups is 9. The van der Waals surface area contributed by atoms with Gasteiger partial charge in [0.25, 0.3) is 0 Å². The molecular formula is C67H86F2N8O22. The number of amides is 2. The van der Waals surface area contributed by atoms with Gasteiger partial charge in [-0.15, -0.1) is 10.2 Å². The van der Waals surface area contributed by atoms with Gasteiger partial charge in [-0.1, -0.05) is 91.9 Å². The number of carbonyl (C=O) groups is 4. The second kappa shape index (κ2) is 32.8. The predicted octanol–water partition coefficient (Wildman–Crippen LogP) is 0.848. The smallest absolute Gasteiger partial charge is 0.338 e. The molecule has 0 radical (unpaired) electrons. The third-order valence-corrected chi connectivity index (χ3v) is 19.8. The molecule has 3 saturated carbocycles. The number of hydrogen-bond donors (Lipinski definition) is 12. The molecule has 5 aromatic rings. The normalized spacial score (nSPS) is 34.8. The molecule has 3 aromatic carbocycles. The Kier molecular flexibility index (Phi) is 24.3. The van der Waals surface area contributed by atoms with E-state index in [0.29, 0.717) is 11.1 Å². The molecule has 3 saturated heterocycles. The summed E-state index contributed by atoms with van der Waals surface area (Å²) in [5, 5.41) is 134. The predicted molar refractivity (Wildman–Crippen MR) is 335 cm³/mol. The molecule has 99 heavy (non-hydrogen) atoms. The van der Waals surface area contributed by atoms with Crippen LogP contribution in [0.15, 0.2) is 91.3 Å². The van der Waals surface area contributed by atoms with E-state index in [9.17, 15) is 79.0 Å². The van der Waals surface area contributed by atoms with Crippen molar-refractivity contribution in [3.8, 4) is 22.5 Å². The van der Waals surface area contributed by atoms with Crippen LogP contribution in [0.25, 0.3) is 22.5 Å². The number of carbonyl (C=O) groups excluding carboxylic acids is 3. The molecule has 12 N–H and O–H groups in total. The molecular weight excluding hydrogens is 1310 g/mol. The zero-order chi connectivity index (χ0) is 70.3. The Morgan fingerprint density at radius 1 is 0.596 bits per heavy atom. The lowest BCUT2D eigenvalue weighted by molar-refractivity contribution is -0.349. The lowest BCUT2D eigenvalue weighted by atomic mass is 9.77. The van der Waals surface area contributed by atoms with Gasteiger partial charge in [-0.3, -0.25) is 9.59 Å². The zero-order valence-electron chi connectivity index (χ0n) is 54.3. The number of nitrogens with zero attached hydrogens (tertiary/aromatic N) is 6. The summed E-state index contributed by atoms with van der Waals surface area (Å²) >= 11 is 0. The molecule has 0 spiro atoms. The van der Waals surface area contributed by atoms with Gasteiger partial charge in [-0.2, -0.15) is 0 Å². The van der Waals surface area contributed by atoms with Gasteiger partial charge in [-0.25, -0.2) is 27.7 Å². The minimum absolute atomic E-state index is 0.0399. The number of aromatic nitrogens is 6. The number of hydrogen-bond acceptors (Lipinski definition) is 25. The fourth-order valence-corrected chi connectivity index (χ4v) is 14.4. The van der Waals surface area contributed by atoms with Crippen molar-refractivity contribution in [1.82, 2.24) is 40.6 Å². The number of carboxylic acid groups (broad SMARTS) is 1. The molecule has 11 rings (SSSR count). The standard InChI is InChI=1S/C67H86F2N8O22/c1-32-21-38(27-46(58(32)99-66-57(86)56(85)51(80)33(2)92-66)95-67-60(98-64(91)35-13-7-4-8-14-35)59(54(83)49(31-79)97-67)93-47(63(89)90)22-34-11-5-3-6-12-34)61(87)70-19-20-71-62(88)39-25-44(76-28-42(72-74-76)36-15-9-17-40(68)23-36)52(81)45(26-39)94-65-55(84)50(53(82)48(30-78)96-65)77-29-43(73-75-77)37-16-10-18-41(69)24-37/h4,7-10,13-18,23-24,28-29,32-34,38-39,44-60,65-67,78-86H,3,5-6,11-12,19-22,25-27,30-31H2,1-2H3,(H,70,87)(H,71,88)(H,89,90)/t32?,33?,38?,39?,44?,45-,46-,47+,48?,49?,50?,51-,52?,53+,54+,55?,56?,57?,58?,59?,60?,65-,66+,67-/m1/s1. The van der Waals surface area contributed by atoms with Gasteiger partial charge in [0.1, 0.15) is 90.1 Å². The van der Waals surface area contributed by atoms with E-state index in [1.54, 1.807) is 37.3 Å². The number of halogens is 2. The third-order valence-electron chi connectivity index (χ3n) is 19.8. The minimum Gasteiger partial charge on any atom is -0.479 e. The molecule has 24 atom stereocenters. The van der Waals surface area contributed by atoms with Gasteiger partial charge in [0.05, 0.1) is 61.6 Å². The van der Waals surface area contributed by atoms with E-state index in [-0.39, 0.29) is 68.1 Å². The zero-order valence-corrected chi connectivity index (χ0v) is 54.3.